The van der Waals surface area contributed by atoms with Crippen LogP contribution in [-0.4, -0.2) is 27.9 Å². The topological polar surface area (TPSA) is 102 Å². The summed E-state index contributed by atoms with van der Waals surface area (Å²) in [5.41, 5.74) is 3.15. The number of allylic oxidation sites excluding steroid dienone is 4. The molecule has 0 radical (unpaired) electrons. The molecule has 8 heteroatoms. The van der Waals surface area contributed by atoms with Crippen molar-refractivity contribution in [1.29, 1.82) is 0 Å². The number of aromatic nitrogens is 3. The fraction of sp³-hybridized carbons (Fsp3) is 0.300. The van der Waals surface area contributed by atoms with Gasteiger partial charge in [0.2, 0.25) is 0 Å². The number of nitrogens with one attached hydrogen (secondary N) is 2. The quantitative estimate of drug-likeness (QED) is 0.778. The monoisotopic (exact) mass is 381 g/mol. The van der Waals surface area contributed by atoms with Gasteiger partial charge in [0.1, 0.15) is 0 Å². The van der Waals surface area contributed by atoms with Gasteiger partial charge in [0, 0.05) is 30.2 Å². The summed E-state index contributed by atoms with van der Waals surface area (Å²) >= 11 is 0. The van der Waals surface area contributed by atoms with E-state index in [1.807, 2.05) is 45.1 Å². The van der Waals surface area contributed by atoms with Gasteiger partial charge in [0.05, 0.1) is 12.2 Å². The highest BCUT2D eigenvalue weighted by molar-refractivity contribution is 5.70. The van der Waals surface area contributed by atoms with Crippen molar-refractivity contribution in [2.24, 2.45) is 5.92 Å². The molecule has 28 heavy (non-hydrogen) atoms. The highest BCUT2D eigenvalue weighted by Gasteiger charge is 2.13. The maximum absolute atomic E-state index is 12.0. The first-order chi connectivity index (χ1) is 13.5. The number of carbonyl (C=O) groups excluding carboxylic acids is 1. The molecule has 2 aromatic rings. The Morgan fingerprint density at radius 3 is 2.96 bits per heavy atom. The lowest BCUT2D eigenvalue weighted by atomic mass is 10.2. The number of alkyl carbamates (subject to hydrolysis) is 1. The summed E-state index contributed by atoms with van der Waals surface area (Å²) in [6, 6.07) is 3.89. The fourth-order valence-corrected chi connectivity index (χ4v) is 2.43. The van der Waals surface area contributed by atoms with Crippen LogP contribution in [0.25, 0.3) is 11.5 Å². The first kappa shape index (κ1) is 19.3. The molecule has 0 unspecified atom stereocenters. The van der Waals surface area contributed by atoms with Gasteiger partial charge in [-0.25, -0.2) is 4.79 Å². The van der Waals surface area contributed by atoms with Gasteiger partial charge in [-0.3, -0.25) is 10.3 Å². The summed E-state index contributed by atoms with van der Waals surface area (Å²) in [5, 5.41) is 14.0. The Morgan fingerprint density at radius 1 is 1.36 bits per heavy atom. The van der Waals surface area contributed by atoms with Gasteiger partial charge in [-0.1, -0.05) is 31.1 Å². The molecule has 2 aromatic heterocycles. The molecule has 2 heterocycles. The molecule has 146 valence electrons. The molecule has 8 nitrogen and oxygen atoms in total. The summed E-state index contributed by atoms with van der Waals surface area (Å²) in [4.78, 5) is 16.0. The molecule has 1 amide bonds. The zero-order valence-electron chi connectivity index (χ0n) is 16.1. The second-order valence-electron chi connectivity index (χ2n) is 6.77. The van der Waals surface area contributed by atoms with Crippen molar-refractivity contribution in [3.8, 4) is 11.5 Å². The summed E-state index contributed by atoms with van der Waals surface area (Å²) in [7, 11) is 0. The first-order valence-electron chi connectivity index (χ1n) is 9.04. The molecule has 0 bridgehead atoms. The molecule has 1 aliphatic carbocycles. The SMILES string of the molecule is CC1=C(Nc2nnc(-c3cccnc3)o2)C=C(NC(=O)OCC(C)C)CC=C1. The van der Waals surface area contributed by atoms with E-state index in [0.717, 1.165) is 16.8 Å². The van der Waals surface area contributed by atoms with Gasteiger partial charge in [-0.2, -0.15) is 0 Å². The predicted octanol–water partition coefficient (Wildman–Crippen LogP) is 4.04. The maximum Gasteiger partial charge on any atom is 0.411 e. The van der Waals surface area contributed by atoms with E-state index in [4.69, 9.17) is 9.15 Å². The summed E-state index contributed by atoms with van der Waals surface area (Å²) in [5.74, 6) is 0.650. The molecule has 0 spiro atoms. The minimum Gasteiger partial charge on any atom is -0.449 e. The minimum atomic E-state index is -0.469. The van der Waals surface area contributed by atoms with Crippen LogP contribution < -0.4 is 10.6 Å². The van der Waals surface area contributed by atoms with E-state index in [9.17, 15) is 4.79 Å². The molecule has 0 atom stereocenters. The van der Waals surface area contributed by atoms with Crippen molar-refractivity contribution in [1.82, 2.24) is 20.5 Å². The van der Waals surface area contributed by atoms with Gasteiger partial charge in [0.25, 0.3) is 5.89 Å². The highest BCUT2D eigenvalue weighted by Crippen LogP contribution is 2.22. The molecule has 3 rings (SSSR count). The van der Waals surface area contributed by atoms with Crippen molar-refractivity contribution in [3.63, 3.8) is 0 Å². The number of ether oxygens (including phenoxy) is 1. The van der Waals surface area contributed by atoms with Crippen molar-refractivity contribution in [2.45, 2.75) is 27.2 Å². The first-order valence-corrected chi connectivity index (χ1v) is 9.04. The molecular formula is C20H23N5O3. The lowest BCUT2D eigenvalue weighted by Gasteiger charge is -2.11. The number of hydrogen-bond acceptors (Lipinski definition) is 7. The molecule has 2 N–H and O–H groups in total. The number of carbonyl (C=O) groups is 1. The molecule has 0 saturated heterocycles. The van der Waals surface area contributed by atoms with E-state index in [-0.39, 0.29) is 11.9 Å². The molecular weight excluding hydrogens is 358 g/mol. The minimum absolute atomic E-state index is 0.251. The number of rotatable bonds is 6. The van der Waals surface area contributed by atoms with E-state index >= 15 is 0 Å². The Bertz CT molecular complexity index is 913. The smallest absolute Gasteiger partial charge is 0.411 e. The summed E-state index contributed by atoms with van der Waals surface area (Å²) < 4.78 is 10.9. The molecule has 0 saturated carbocycles. The lowest BCUT2D eigenvalue weighted by molar-refractivity contribution is 0.135. The second-order valence-corrected chi connectivity index (χ2v) is 6.77. The van der Waals surface area contributed by atoms with Crippen LogP contribution in [0.4, 0.5) is 10.8 Å². The molecule has 0 aliphatic heterocycles. The van der Waals surface area contributed by atoms with Crippen LogP contribution in [0.2, 0.25) is 0 Å². The van der Waals surface area contributed by atoms with E-state index < -0.39 is 6.09 Å². The molecule has 0 aromatic carbocycles. The highest BCUT2D eigenvalue weighted by atomic mass is 16.5. The van der Waals surface area contributed by atoms with Crippen LogP contribution >= 0.6 is 0 Å². The largest absolute Gasteiger partial charge is 0.449 e. The average Bonchev–Trinajstić information content (AvgIpc) is 3.08. The Hall–Kier alpha value is -3.42. The average molecular weight is 381 g/mol. The normalized spacial score (nSPS) is 13.9. The number of pyridine rings is 1. The number of anilines is 1. The van der Waals surface area contributed by atoms with Gasteiger partial charge in [-0.15, -0.1) is 5.10 Å². The van der Waals surface area contributed by atoms with Crippen LogP contribution in [0, 0.1) is 5.92 Å². The fourth-order valence-electron chi connectivity index (χ4n) is 2.43. The molecule has 0 fully saturated rings. The third-order valence-corrected chi connectivity index (χ3v) is 3.83. The lowest BCUT2D eigenvalue weighted by Crippen LogP contribution is -2.25. The van der Waals surface area contributed by atoms with E-state index in [1.54, 1.807) is 18.5 Å². The Morgan fingerprint density at radius 2 is 2.21 bits per heavy atom. The third-order valence-electron chi connectivity index (χ3n) is 3.83. The number of amides is 1. The summed E-state index contributed by atoms with van der Waals surface area (Å²) in [6.07, 6.45) is 9.20. The van der Waals surface area contributed by atoms with Crippen molar-refractivity contribution in [2.75, 3.05) is 11.9 Å². The van der Waals surface area contributed by atoms with Crippen molar-refractivity contribution < 1.29 is 13.9 Å². The standard InChI is InChI=1S/C20H23N5O3/c1-13(2)12-27-20(26)22-16-8-4-6-14(3)17(10-16)23-19-25-24-18(28-19)15-7-5-9-21-11-15/h4-7,9-11,13H,8,12H2,1-3H3,(H,22,26)(H,23,25). The number of nitrogens with zero attached hydrogens (tertiary/aromatic N) is 3. The zero-order chi connectivity index (χ0) is 19.9. The zero-order valence-corrected chi connectivity index (χ0v) is 16.1. The maximum atomic E-state index is 12.0. The van der Waals surface area contributed by atoms with Crippen LogP contribution in [0.5, 0.6) is 0 Å². The van der Waals surface area contributed by atoms with Crippen LogP contribution in [0.1, 0.15) is 27.2 Å². The Kier molecular flexibility index (Phi) is 6.21. The Labute approximate surface area is 163 Å². The van der Waals surface area contributed by atoms with Crippen molar-refractivity contribution in [3.05, 3.63) is 59.7 Å². The van der Waals surface area contributed by atoms with Gasteiger partial charge in [0.15, 0.2) is 0 Å². The second kappa shape index (κ2) is 8.98. The van der Waals surface area contributed by atoms with Gasteiger partial charge >= 0.3 is 12.1 Å². The van der Waals surface area contributed by atoms with E-state index in [2.05, 4.69) is 25.8 Å². The number of hydrogen-bond donors (Lipinski definition) is 2. The summed E-state index contributed by atoms with van der Waals surface area (Å²) in [6.45, 7) is 6.29. The van der Waals surface area contributed by atoms with E-state index in [0.29, 0.717) is 24.6 Å². The van der Waals surface area contributed by atoms with Crippen molar-refractivity contribution >= 4 is 12.1 Å². The third kappa shape index (κ3) is 5.29. The van der Waals surface area contributed by atoms with E-state index in [1.165, 1.54) is 0 Å². The Balaban J connectivity index is 1.72. The molecule has 1 aliphatic rings. The van der Waals surface area contributed by atoms with Gasteiger partial charge < -0.3 is 14.5 Å². The van der Waals surface area contributed by atoms with Crippen LogP contribution in [-0.2, 0) is 4.74 Å². The van der Waals surface area contributed by atoms with Crippen LogP contribution in [0.3, 0.4) is 0 Å². The van der Waals surface area contributed by atoms with Crippen LogP contribution in [0.15, 0.2) is 64.1 Å². The van der Waals surface area contributed by atoms with Gasteiger partial charge in [-0.05, 0) is 36.6 Å². The predicted molar refractivity (Wildman–Crippen MR) is 105 cm³/mol.